The first-order valence-electron chi connectivity index (χ1n) is 8.26. The molecule has 118 valence electrons. The molecule has 1 aromatic carbocycles. The number of rotatable bonds is 9. The molecule has 3 nitrogen and oxygen atoms in total. The Morgan fingerprint density at radius 1 is 1.24 bits per heavy atom. The molecule has 0 heterocycles. The summed E-state index contributed by atoms with van der Waals surface area (Å²) in [6, 6.07) is 8.02. The number of hydrogen-bond acceptors (Lipinski definition) is 3. The molecule has 0 amide bonds. The van der Waals surface area contributed by atoms with E-state index in [0.717, 1.165) is 43.9 Å². The van der Waals surface area contributed by atoms with Gasteiger partial charge in [0.1, 0.15) is 17.1 Å². The lowest BCUT2D eigenvalue weighted by atomic mass is 9.77. The zero-order chi connectivity index (χ0) is 15.1. The maximum atomic E-state index is 6.31. The summed E-state index contributed by atoms with van der Waals surface area (Å²) in [6.45, 7) is 9.28. The van der Waals surface area contributed by atoms with Gasteiger partial charge in [-0.3, -0.25) is 0 Å². The van der Waals surface area contributed by atoms with E-state index >= 15 is 0 Å². The topological polar surface area (TPSA) is 30.5 Å². The monoisotopic (exact) mass is 291 g/mol. The van der Waals surface area contributed by atoms with E-state index in [1.807, 2.05) is 31.2 Å². The first kappa shape index (κ1) is 16.2. The van der Waals surface area contributed by atoms with Gasteiger partial charge in [-0.2, -0.15) is 0 Å². The molecule has 0 radical (unpaired) electrons. The Morgan fingerprint density at radius 3 is 2.62 bits per heavy atom. The van der Waals surface area contributed by atoms with Crippen molar-refractivity contribution < 1.29 is 9.47 Å². The summed E-state index contributed by atoms with van der Waals surface area (Å²) in [7, 11) is 0. The second kappa shape index (κ2) is 7.69. The smallest absolute Gasteiger partial charge is 0.123 e. The van der Waals surface area contributed by atoms with E-state index in [1.54, 1.807) is 0 Å². The maximum absolute atomic E-state index is 6.31. The van der Waals surface area contributed by atoms with Gasteiger partial charge in [0.05, 0.1) is 6.61 Å². The predicted molar refractivity (Wildman–Crippen MR) is 87.1 cm³/mol. The lowest BCUT2D eigenvalue weighted by Gasteiger charge is -2.42. The molecule has 0 bridgehead atoms. The van der Waals surface area contributed by atoms with Crippen LogP contribution in [0.25, 0.3) is 0 Å². The lowest BCUT2D eigenvalue weighted by molar-refractivity contribution is -0.0144. The fourth-order valence-corrected chi connectivity index (χ4v) is 2.73. The Bertz CT molecular complexity index is 427. The van der Waals surface area contributed by atoms with Crippen LogP contribution in [0.15, 0.2) is 24.3 Å². The quantitative estimate of drug-likeness (QED) is 0.697. The van der Waals surface area contributed by atoms with Crippen molar-refractivity contribution in [3.05, 3.63) is 24.3 Å². The third-order valence-electron chi connectivity index (χ3n) is 4.03. The molecule has 0 unspecified atom stereocenters. The maximum Gasteiger partial charge on any atom is 0.123 e. The van der Waals surface area contributed by atoms with Crippen molar-refractivity contribution in [2.24, 2.45) is 5.92 Å². The second-order valence-corrected chi connectivity index (χ2v) is 6.39. The highest BCUT2D eigenvalue weighted by molar-refractivity contribution is 5.33. The molecule has 21 heavy (non-hydrogen) atoms. The Labute approximate surface area is 129 Å². The van der Waals surface area contributed by atoms with Gasteiger partial charge in [-0.1, -0.05) is 19.9 Å². The lowest BCUT2D eigenvalue weighted by Crippen LogP contribution is -2.45. The van der Waals surface area contributed by atoms with Gasteiger partial charge in [-0.15, -0.1) is 0 Å². The molecule has 1 N–H and O–H groups in total. The molecular weight excluding hydrogens is 262 g/mol. The van der Waals surface area contributed by atoms with Crippen LogP contribution in [-0.2, 0) is 0 Å². The van der Waals surface area contributed by atoms with Crippen LogP contribution in [0.3, 0.4) is 0 Å². The molecule has 0 atom stereocenters. The number of nitrogens with one attached hydrogen (secondary N) is 1. The van der Waals surface area contributed by atoms with Gasteiger partial charge in [-0.05, 0) is 63.7 Å². The molecule has 0 aliphatic heterocycles. The van der Waals surface area contributed by atoms with Gasteiger partial charge in [0.2, 0.25) is 0 Å². The van der Waals surface area contributed by atoms with Crippen LogP contribution in [0.5, 0.6) is 11.5 Å². The highest BCUT2D eigenvalue weighted by Crippen LogP contribution is 2.39. The first-order chi connectivity index (χ1) is 10.1. The van der Waals surface area contributed by atoms with Crippen molar-refractivity contribution in [1.29, 1.82) is 0 Å². The van der Waals surface area contributed by atoms with Crippen LogP contribution < -0.4 is 14.8 Å². The van der Waals surface area contributed by atoms with Crippen molar-refractivity contribution in [2.75, 3.05) is 19.7 Å². The summed E-state index contributed by atoms with van der Waals surface area (Å²) in [5, 5.41) is 3.52. The van der Waals surface area contributed by atoms with Crippen molar-refractivity contribution in [3.8, 4) is 11.5 Å². The van der Waals surface area contributed by atoms with Gasteiger partial charge < -0.3 is 14.8 Å². The summed E-state index contributed by atoms with van der Waals surface area (Å²) >= 11 is 0. The molecule has 1 aliphatic rings. The Kier molecular flexibility index (Phi) is 5.92. The van der Waals surface area contributed by atoms with E-state index < -0.39 is 0 Å². The summed E-state index contributed by atoms with van der Waals surface area (Å²) in [4.78, 5) is 0. The minimum atomic E-state index is 0.0365. The molecule has 3 heteroatoms. The van der Waals surface area contributed by atoms with Crippen molar-refractivity contribution in [1.82, 2.24) is 5.32 Å². The van der Waals surface area contributed by atoms with Crippen LogP contribution in [0.2, 0.25) is 0 Å². The zero-order valence-corrected chi connectivity index (χ0v) is 13.7. The van der Waals surface area contributed by atoms with Crippen LogP contribution in [-0.4, -0.2) is 25.3 Å². The number of ether oxygens (including phenoxy) is 2. The number of benzene rings is 1. The van der Waals surface area contributed by atoms with Crippen molar-refractivity contribution in [3.63, 3.8) is 0 Å². The van der Waals surface area contributed by atoms with E-state index in [0.29, 0.717) is 12.5 Å². The van der Waals surface area contributed by atoms with E-state index in [2.05, 4.69) is 19.2 Å². The Balaban J connectivity index is 1.87. The van der Waals surface area contributed by atoms with Crippen LogP contribution >= 0.6 is 0 Å². The largest absolute Gasteiger partial charge is 0.494 e. The third-order valence-corrected chi connectivity index (χ3v) is 4.03. The fraction of sp³-hybridized carbons (Fsp3) is 0.667. The van der Waals surface area contributed by atoms with E-state index in [1.165, 1.54) is 6.42 Å². The molecule has 0 spiro atoms. The van der Waals surface area contributed by atoms with Crippen molar-refractivity contribution >= 4 is 0 Å². The van der Waals surface area contributed by atoms with E-state index in [-0.39, 0.29) is 5.60 Å². The standard InChI is InChI=1S/C18H29NO2/c1-4-20-16-7-5-8-17(13-16)21-18(9-6-10-18)11-12-19-14-15(2)3/h5,7-8,13,15,19H,4,6,9-12,14H2,1-3H3. The average Bonchev–Trinajstić information content (AvgIpc) is 2.41. The van der Waals surface area contributed by atoms with Crippen LogP contribution in [0, 0.1) is 5.92 Å². The van der Waals surface area contributed by atoms with Crippen LogP contribution in [0.1, 0.15) is 46.5 Å². The van der Waals surface area contributed by atoms with Gasteiger partial charge >= 0.3 is 0 Å². The summed E-state index contributed by atoms with van der Waals surface area (Å²) in [6.07, 6.45) is 4.68. The predicted octanol–water partition coefficient (Wildman–Crippen LogP) is 4.02. The highest BCUT2D eigenvalue weighted by atomic mass is 16.5. The summed E-state index contributed by atoms with van der Waals surface area (Å²) < 4.78 is 11.9. The zero-order valence-electron chi connectivity index (χ0n) is 13.7. The van der Waals surface area contributed by atoms with E-state index in [9.17, 15) is 0 Å². The highest BCUT2D eigenvalue weighted by Gasteiger charge is 2.38. The van der Waals surface area contributed by atoms with Crippen molar-refractivity contribution in [2.45, 2.75) is 52.1 Å². The minimum absolute atomic E-state index is 0.0365. The molecule has 0 aromatic heterocycles. The molecule has 1 aliphatic carbocycles. The van der Waals surface area contributed by atoms with Gasteiger partial charge in [0, 0.05) is 6.07 Å². The molecule has 2 rings (SSSR count). The molecule has 1 aromatic rings. The van der Waals surface area contributed by atoms with E-state index in [4.69, 9.17) is 9.47 Å². The van der Waals surface area contributed by atoms with Crippen LogP contribution in [0.4, 0.5) is 0 Å². The number of hydrogen-bond donors (Lipinski definition) is 1. The van der Waals surface area contributed by atoms with Gasteiger partial charge in [-0.25, -0.2) is 0 Å². The average molecular weight is 291 g/mol. The Morgan fingerprint density at radius 2 is 2.00 bits per heavy atom. The van der Waals surface area contributed by atoms with Gasteiger partial charge in [0.15, 0.2) is 0 Å². The Hall–Kier alpha value is -1.22. The summed E-state index contributed by atoms with van der Waals surface area (Å²) in [5.41, 5.74) is 0.0365. The minimum Gasteiger partial charge on any atom is -0.494 e. The van der Waals surface area contributed by atoms with Gasteiger partial charge in [0.25, 0.3) is 0 Å². The third kappa shape index (κ3) is 4.92. The first-order valence-corrected chi connectivity index (χ1v) is 8.26. The second-order valence-electron chi connectivity index (χ2n) is 6.39. The normalized spacial score (nSPS) is 16.6. The summed E-state index contributed by atoms with van der Waals surface area (Å²) in [5.74, 6) is 2.53. The molecule has 0 saturated heterocycles. The molecule has 1 fully saturated rings. The SMILES string of the molecule is CCOc1cccc(OC2(CCNCC(C)C)CCC2)c1. The molecule has 1 saturated carbocycles. The molecular formula is C18H29NO2. The fourth-order valence-electron chi connectivity index (χ4n) is 2.73.